The number of carbonyl (C=O) groups is 1. The van der Waals surface area contributed by atoms with Crippen molar-refractivity contribution >= 4 is 21.8 Å². The Hall–Kier alpha value is -2.38. The minimum absolute atomic E-state index is 0.0183. The van der Waals surface area contributed by atoms with E-state index in [4.69, 9.17) is 10.5 Å². The normalized spacial score (nSPS) is 26.1. The van der Waals surface area contributed by atoms with Crippen molar-refractivity contribution in [1.29, 1.82) is 0 Å². The van der Waals surface area contributed by atoms with Crippen molar-refractivity contribution in [3.63, 3.8) is 0 Å². The molecule has 0 aliphatic carbocycles. The summed E-state index contributed by atoms with van der Waals surface area (Å²) in [5, 5.41) is 0. The van der Waals surface area contributed by atoms with Crippen LogP contribution in [-0.4, -0.2) is 65.2 Å². The van der Waals surface area contributed by atoms with Gasteiger partial charge in [-0.25, -0.2) is 17.6 Å². The SMILES string of the molecule is CC(C)(C)OC(=O)N1CC(C#Cc2c(N)cncc2F)N2CC1CCCS2(=O)=O. The highest BCUT2D eigenvalue weighted by molar-refractivity contribution is 7.89. The van der Waals surface area contributed by atoms with Crippen molar-refractivity contribution < 1.29 is 22.3 Å². The van der Waals surface area contributed by atoms with Crippen LogP contribution < -0.4 is 5.73 Å². The van der Waals surface area contributed by atoms with Crippen LogP contribution in [0.5, 0.6) is 0 Å². The molecular weight excluding hydrogens is 399 g/mol. The molecule has 0 aromatic carbocycles. The molecule has 2 fully saturated rings. The zero-order valence-corrected chi connectivity index (χ0v) is 17.5. The number of rotatable bonds is 0. The van der Waals surface area contributed by atoms with Crippen molar-refractivity contribution in [1.82, 2.24) is 14.2 Å². The van der Waals surface area contributed by atoms with Gasteiger partial charge in [0, 0.05) is 12.6 Å². The number of carbonyl (C=O) groups excluding carboxylic acids is 1. The Kier molecular flexibility index (Phi) is 5.74. The van der Waals surface area contributed by atoms with Gasteiger partial charge in [-0.05, 0) is 33.6 Å². The molecule has 1 amide bonds. The summed E-state index contributed by atoms with van der Waals surface area (Å²) in [5.74, 6) is 4.75. The molecule has 2 N–H and O–H groups in total. The molecule has 3 heterocycles. The number of sulfonamides is 1. The molecule has 0 spiro atoms. The number of halogens is 1. The number of nitrogen functional groups attached to an aromatic ring is 1. The molecular formula is C19H25FN4O4S. The Bertz CT molecular complexity index is 944. The van der Waals surface area contributed by atoms with Crippen molar-refractivity contribution in [2.75, 3.05) is 24.6 Å². The minimum Gasteiger partial charge on any atom is -0.444 e. The average Bonchev–Trinajstić information content (AvgIpc) is 2.71. The lowest BCUT2D eigenvalue weighted by Gasteiger charge is -2.42. The number of anilines is 1. The molecule has 2 bridgehead atoms. The monoisotopic (exact) mass is 424 g/mol. The lowest BCUT2D eigenvalue weighted by molar-refractivity contribution is 0.00173. The van der Waals surface area contributed by atoms with Crippen LogP contribution in [0.1, 0.15) is 39.2 Å². The van der Waals surface area contributed by atoms with Gasteiger partial charge >= 0.3 is 6.09 Å². The second kappa shape index (κ2) is 7.80. The summed E-state index contributed by atoms with van der Waals surface area (Å²) in [6, 6.07) is -1.11. The van der Waals surface area contributed by atoms with Crippen LogP contribution in [0.25, 0.3) is 0 Å². The molecule has 1 aromatic rings. The van der Waals surface area contributed by atoms with Gasteiger partial charge in [0.25, 0.3) is 0 Å². The van der Waals surface area contributed by atoms with E-state index >= 15 is 0 Å². The third kappa shape index (κ3) is 4.79. The van der Waals surface area contributed by atoms with Gasteiger partial charge in [-0.2, -0.15) is 4.31 Å². The summed E-state index contributed by atoms with van der Waals surface area (Å²) in [5.41, 5.74) is 5.08. The molecule has 29 heavy (non-hydrogen) atoms. The zero-order chi connectivity index (χ0) is 21.4. The zero-order valence-electron chi connectivity index (χ0n) is 16.7. The lowest BCUT2D eigenvalue weighted by Crippen LogP contribution is -2.60. The van der Waals surface area contributed by atoms with E-state index in [1.807, 2.05) is 0 Å². The Morgan fingerprint density at radius 1 is 1.34 bits per heavy atom. The van der Waals surface area contributed by atoms with Crippen LogP contribution in [0.3, 0.4) is 0 Å². The van der Waals surface area contributed by atoms with E-state index in [0.717, 1.165) is 6.20 Å². The smallest absolute Gasteiger partial charge is 0.410 e. The predicted octanol–water partition coefficient (Wildman–Crippen LogP) is 1.57. The summed E-state index contributed by atoms with van der Waals surface area (Å²) < 4.78 is 46.2. The molecule has 1 aromatic heterocycles. The molecule has 0 saturated carbocycles. The fourth-order valence-corrected chi connectivity index (χ4v) is 5.10. The molecule has 158 valence electrons. The number of nitrogens with zero attached hydrogens (tertiary/aromatic N) is 3. The minimum atomic E-state index is -3.54. The number of pyridine rings is 1. The molecule has 3 atom stereocenters. The first-order chi connectivity index (χ1) is 13.5. The first kappa shape index (κ1) is 21.3. The third-order valence-electron chi connectivity index (χ3n) is 4.77. The number of hydrogen-bond donors (Lipinski definition) is 1. The lowest BCUT2D eigenvalue weighted by atomic mass is 10.0. The van der Waals surface area contributed by atoms with E-state index in [1.54, 1.807) is 20.8 Å². The maximum atomic E-state index is 14.0. The Morgan fingerprint density at radius 3 is 2.72 bits per heavy atom. The Balaban J connectivity index is 1.96. The molecule has 3 rings (SSSR count). The van der Waals surface area contributed by atoms with Crippen LogP contribution in [0.15, 0.2) is 12.4 Å². The fraction of sp³-hybridized carbons (Fsp3) is 0.579. The topological polar surface area (TPSA) is 106 Å². The summed E-state index contributed by atoms with van der Waals surface area (Å²) in [4.78, 5) is 17.9. The van der Waals surface area contributed by atoms with E-state index in [1.165, 1.54) is 15.4 Å². The Morgan fingerprint density at radius 2 is 2.07 bits per heavy atom. The van der Waals surface area contributed by atoms with E-state index in [9.17, 15) is 17.6 Å². The van der Waals surface area contributed by atoms with E-state index in [2.05, 4.69) is 16.8 Å². The summed E-state index contributed by atoms with van der Waals surface area (Å²) >= 11 is 0. The highest BCUT2D eigenvalue weighted by Crippen LogP contribution is 2.28. The first-order valence-corrected chi connectivity index (χ1v) is 11.0. The van der Waals surface area contributed by atoms with Gasteiger partial charge in [-0.1, -0.05) is 11.8 Å². The largest absolute Gasteiger partial charge is 0.444 e. The van der Waals surface area contributed by atoms with Crippen LogP contribution in [0.2, 0.25) is 0 Å². The number of piperazine rings is 1. The highest BCUT2D eigenvalue weighted by atomic mass is 32.2. The molecule has 10 heteroatoms. The van der Waals surface area contributed by atoms with E-state index < -0.39 is 33.6 Å². The van der Waals surface area contributed by atoms with Crippen molar-refractivity contribution in [2.45, 2.75) is 51.3 Å². The van der Waals surface area contributed by atoms with Gasteiger partial charge in [-0.3, -0.25) is 4.98 Å². The van der Waals surface area contributed by atoms with E-state index in [0.29, 0.717) is 12.8 Å². The molecule has 2 aliphatic rings. The van der Waals surface area contributed by atoms with Gasteiger partial charge in [0.05, 0.1) is 35.9 Å². The van der Waals surface area contributed by atoms with E-state index in [-0.39, 0.29) is 36.1 Å². The fourth-order valence-electron chi connectivity index (χ4n) is 3.43. The second-order valence-electron chi connectivity index (χ2n) is 8.19. The number of aromatic nitrogens is 1. The number of amides is 1. The van der Waals surface area contributed by atoms with Crippen LogP contribution in [0, 0.1) is 17.7 Å². The number of hydrogen-bond acceptors (Lipinski definition) is 6. The predicted molar refractivity (Wildman–Crippen MR) is 106 cm³/mol. The molecule has 0 radical (unpaired) electrons. The van der Waals surface area contributed by atoms with Crippen LogP contribution in [-0.2, 0) is 14.8 Å². The molecule has 2 saturated heterocycles. The maximum Gasteiger partial charge on any atom is 0.410 e. The standard InChI is InChI=1S/C19H25FN4O4S/c1-19(2,3)28-18(25)23-11-14(6-7-15-16(20)9-22-10-17(15)21)24-12-13(23)5-4-8-29(24,26)27/h9-10,13-14H,4-5,8,11-12,21H2,1-3H3. The van der Waals surface area contributed by atoms with Gasteiger partial charge in [0.15, 0.2) is 5.82 Å². The number of fused-ring (bicyclic) bond motifs is 2. The van der Waals surface area contributed by atoms with Gasteiger partial charge < -0.3 is 15.4 Å². The molecule has 8 nitrogen and oxygen atoms in total. The van der Waals surface area contributed by atoms with Crippen molar-refractivity contribution in [3.05, 3.63) is 23.8 Å². The Labute approximate surface area is 170 Å². The molecule has 2 aliphatic heterocycles. The van der Waals surface area contributed by atoms with Gasteiger partial charge in [-0.15, -0.1) is 0 Å². The third-order valence-corrected chi connectivity index (χ3v) is 6.69. The van der Waals surface area contributed by atoms with Gasteiger partial charge in [0.1, 0.15) is 11.6 Å². The highest BCUT2D eigenvalue weighted by Gasteiger charge is 2.44. The van der Waals surface area contributed by atoms with Crippen LogP contribution in [0.4, 0.5) is 14.9 Å². The number of nitrogens with two attached hydrogens (primary N) is 1. The van der Waals surface area contributed by atoms with Crippen LogP contribution >= 0.6 is 0 Å². The maximum absolute atomic E-state index is 14.0. The second-order valence-corrected chi connectivity index (χ2v) is 10.2. The first-order valence-electron chi connectivity index (χ1n) is 9.37. The van der Waals surface area contributed by atoms with Gasteiger partial charge in [0.2, 0.25) is 10.0 Å². The van der Waals surface area contributed by atoms with Crippen molar-refractivity contribution in [2.24, 2.45) is 0 Å². The number of ether oxygens (including phenoxy) is 1. The summed E-state index contributed by atoms with van der Waals surface area (Å²) in [6.45, 7) is 5.48. The quantitative estimate of drug-likeness (QED) is 0.634. The summed E-state index contributed by atoms with van der Waals surface area (Å²) in [7, 11) is -3.54. The van der Waals surface area contributed by atoms with Crippen molar-refractivity contribution in [3.8, 4) is 11.8 Å². The molecule has 3 unspecified atom stereocenters. The summed E-state index contributed by atoms with van der Waals surface area (Å²) in [6.07, 6.45) is 2.76. The average molecular weight is 424 g/mol.